The van der Waals surface area contributed by atoms with E-state index in [0.717, 1.165) is 28.8 Å². The molecule has 0 amide bonds. The van der Waals surface area contributed by atoms with E-state index in [1.54, 1.807) is 6.07 Å². The second-order valence-corrected chi connectivity index (χ2v) is 5.00. The van der Waals surface area contributed by atoms with E-state index in [0.29, 0.717) is 0 Å². The lowest BCUT2D eigenvalue weighted by Gasteiger charge is -2.07. The Morgan fingerprint density at radius 3 is 2.57 bits per heavy atom. The van der Waals surface area contributed by atoms with Crippen LogP contribution >= 0.6 is 0 Å². The van der Waals surface area contributed by atoms with Crippen LogP contribution in [0.5, 0.6) is 0 Å². The smallest absolute Gasteiger partial charge is 0.288 e. The van der Waals surface area contributed by atoms with E-state index < -0.39 is 4.92 Å². The van der Waals surface area contributed by atoms with Crippen molar-refractivity contribution in [3.8, 4) is 11.3 Å². The summed E-state index contributed by atoms with van der Waals surface area (Å²) in [4.78, 5) is 14.7. The summed E-state index contributed by atoms with van der Waals surface area (Å²) in [6, 6.07) is 11.8. The van der Waals surface area contributed by atoms with Crippen LogP contribution in [0.15, 0.2) is 42.6 Å². The summed E-state index contributed by atoms with van der Waals surface area (Å²) in [6.45, 7) is 4.85. The summed E-state index contributed by atoms with van der Waals surface area (Å²) in [5, 5.41) is 11.7. The standard InChI is InChI=1S/C16H15N3O2/c1-3-18-15(12-6-4-11(2)5-7-12)9-13-8-14(19(20)21)10-17-16(13)18/h4-10H,3H2,1-2H3. The minimum atomic E-state index is -0.415. The van der Waals surface area contributed by atoms with E-state index in [4.69, 9.17) is 0 Å². The molecule has 106 valence electrons. The summed E-state index contributed by atoms with van der Waals surface area (Å²) in [5.74, 6) is 0. The number of rotatable bonds is 3. The lowest BCUT2D eigenvalue weighted by atomic mass is 10.1. The molecule has 0 saturated carbocycles. The van der Waals surface area contributed by atoms with E-state index in [1.165, 1.54) is 11.8 Å². The highest BCUT2D eigenvalue weighted by Gasteiger charge is 2.14. The van der Waals surface area contributed by atoms with Crippen molar-refractivity contribution in [3.05, 3.63) is 58.3 Å². The molecule has 0 aliphatic rings. The van der Waals surface area contributed by atoms with Gasteiger partial charge in [-0.05, 0) is 25.5 Å². The summed E-state index contributed by atoms with van der Waals surface area (Å²) < 4.78 is 2.07. The van der Waals surface area contributed by atoms with Crippen molar-refractivity contribution < 1.29 is 4.92 Å². The van der Waals surface area contributed by atoms with Crippen LogP contribution in [0.4, 0.5) is 5.69 Å². The Morgan fingerprint density at radius 2 is 1.95 bits per heavy atom. The second-order valence-electron chi connectivity index (χ2n) is 5.00. The number of hydrogen-bond acceptors (Lipinski definition) is 3. The van der Waals surface area contributed by atoms with E-state index in [1.807, 2.05) is 19.9 Å². The number of benzene rings is 1. The predicted molar refractivity (Wildman–Crippen MR) is 82.2 cm³/mol. The molecule has 0 aliphatic heterocycles. The Morgan fingerprint density at radius 1 is 1.24 bits per heavy atom. The third-order valence-electron chi connectivity index (χ3n) is 3.59. The number of aryl methyl sites for hydroxylation is 2. The van der Waals surface area contributed by atoms with Gasteiger partial charge in [0.25, 0.3) is 5.69 Å². The Kier molecular flexibility index (Phi) is 3.17. The molecule has 0 bridgehead atoms. The quantitative estimate of drug-likeness (QED) is 0.539. The number of fused-ring (bicyclic) bond motifs is 1. The molecule has 2 heterocycles. The Balaban J connectivity index is 2.22. The van der Waals surface area contributed by atoms with Crippen LogP contribution in [0.1, 0.15) is 12.5 Å². The van der Waals surface area contributed by atoms with E-state index >= 15 is 0 Å². The van der Waals surface area contributed by atoms with Crippen LogP contribution in [-0.4, -0.2) is 14.5 Å². The second kappa shape index (κ2) is 5.01. The predicted octanol–water partition coefficient (Wildman–Crippen LogP) is 3.94. The minimum absolute atomic E-state index is 0.0196. The Bertz CT molecular complexity index is 819. The summed E-state index contributed by atoms with van der Waals surface area (Å²) in [5.41, 5.74) is 4.11. The van der Waals surface area contributed by atoms with Crippen LogP contribution in [0, 0.1) is 17.0 Å². The molecule has 5 nitrogen and oxygen atoms in total. The SMILES string of the molecule is CCn1c(-c2ccc(C)cc2)cc2cc([N+](=O)[O-])cnc21. The number of hydrogen-bond donors (Lipinski definition) is 0. The van der Waals surface area contributed by atoms with Gasteiger partial charge in [0.15, 0.2) is 0 Å². The third kappa shape index (κ3) is 2.27. The van der Waals surface area contributed by atoms with Crippen LogP contribution in [0.3, 0.4) is 0 Å². The number of nitrogens with zero attached hydrogens (tertiary/aromatic N) is 3. The monoisotopic (exact) mass is 281 g/mol. The molecule has 0 atom stereocenters. The average molecular weight is 281 g/mol. The van der Waals surface area contributed by atoms with Gasteiger partial charge in [-0.2, -0.15) is 0 Å². The molecular weight excluding hydrogens is 266 g/mol. The van der Waals surface area contributed by atoms with Gasteiger partial charge in [0, 0.05) is 18.0 Å². The van der Waals surface area contributed by atoms with Crippen molar-refractivity contribution >= 4 is 16.7 Å². The fraction of sp³-hybridized carbons (Fsp3) is 0.188. The highest BCUT2D eigenvalue weighted by molar-refractivity contribution is 5.85. The van der Waals surface area contributed by atoms with Crippen molar-refractivity contribution in [2.75, 3.05) is 0 Å². The van der Waals surface area contributed by atoms with Crippen LogP contribution in [0.25, 0.3) is 22.3 Å². The minimum Gasteiger partial charge on any atom is -0.326 e. The molecule has 1 aromatic carbocycles. The first-order chi connectivity index (χ1) is 10.1. The Labute approximate surface area is 122 Å². The van der Waals surface area contributed by atoms with Gasteiger partial charge >= 0.3 is 0 Å². The van der Waals surface area contributed by atoms with E-state index in [9.17, 15) is 10.1 Å². The third-order valence-corrected chi connectivity index (χ3v) is 3.59. The Hall–Kier alpha value is -2.69. The maximum absolute atomic E-state index is 10.9. The molecule has 3 rings (SSSR count). The van der Waals surface area contributed by atoms with Crippen LogP contribution < -0.4 is 0 Å². The van der Waals surface area contributed by atoms with Crippen molar-refractivity contribution in [1.29, 1.82) is 0 Å². The zero-order valence-electron chi connectivity index (χ0n) is 11.9. The molecule has 0 aliphatic carbocycles. The van der Waals surface area contributed by atoms with Crippen molar-refractivity contribution in [2.24, 2.45) is 0 Å². The number of pyridine rings is 1. The zero-order chi connectivity index (χ0) is 15.0. The summed E-state index contributed by atoms with van der Waals surface area (Å²) in [7, 11) is 0. The highest BCUT2D eigenvalue weighted by Crippen LogP contribution is 2.29. The van der Waals surface area contributed by atoms with Gasteiger partial charge < -0.3 is 4.57 Å². The van der Waals surface area contributed by atoms with Gasteiger partial charge in [-0.15, -0.1) is 0 Å². The van der Waals surface area contributed by atoms with Gasteiger partial charge in [0.1, 0.15) is 11.8 Å². The first-order valence-electron chi connectivity index (χ1n) is 6.81. The lowest BCUT2D eigenvalue weighted by molar-refractivity contribution is -0.385. The van der Waals surface area contributed by atoms with Crippen LogP contribution in [-0.2, 0) is 6.54 Å². The molecule has 3 aromatic rings. The molecule has 0 N–H and O–H groups in total. The molecule has 0 saturated heterocycles. The molecule has 0 radical (unpaired) electrons. The largest absolute Gasteiger partial charge is 0.326 e. The van der Waals surface area contributed by atoms with Crippen molar-refractivity contribution in [3.63, 3.8) is 0 Å². The van der Waals surface area contributed by atoms with Gasteiger partial charge in [0.05, 0.1) is 10.6 Å². The first kappa shape index (κ1) is 13.3. The lowest BCUT2D eigenvalue weighted by Crippen LogP contribution is -1.98. The molecule has 0 spiro atoms. The molecule has 0 unspecified atom stereocenters. The molecular formula is C16H15N3O2. The number of aromatic nitrogens is 2. The first-order valence-corrected chi connectivity index (χ1v) is 6.81. The van der Waals surface area contributed by atoms with Crippen molar-refractivity contribution in [1.82, 2.24) is 9.55 Å². The van der Waals surface area contributed by atoms with Gasteiger partial charge in [-0.3, -0.25) is 10.1 Å². The fourth-order valence-corrected chi connectivity index (χ4v) is 2.52. The highest BCUT2D eigenvalue weighted by atomic mass is 16.6. The van der Waals surface area contributed by atoms with Crippen LogP contribution in [0.2, 0.25) is 0 Å². The molecule has 5 heteroatoms. The molecule has 2 aromatic heterocycles. The van der Waals surface area contributed by atoms with Gasteiger partial charge in [0.2, 0.25) is 0 Å². The topological polar surface area (TPSA) is 61.0 Å². The van der Waals surface area contributed by atoms with Gasteiger partial charge in [-0.25, -0.2) is 4.98 Å². The molecule has 0 fully saturated rings. The van der Waals surface area contributed by atoms with Crippen molar-refractivity contribution in [2.45, 2.75) is 20.4 Å². The van der Waals surface area contributed by atoms with E-state index in [2.05, 4.69) is 33.8 Å². The molecule has 21 heavy (non-hydrogen) atoms. The number of nitro groups is 1. The average Bonchev–Trinajstić information content (AvgIpc) is 2.85. The zero-order valence-corrected chi connectivity index (χ0v) is 11.9. The normalized spacial score (nSPS) is 11.0. The van der Waals surface area contributed by atoms with Gasteiger partial charge in [-0.1, -0.05) is 29.8 Å². The van der Waals surface area contributed by atoms with E-state index in [-0.39, 0.29) is 5.69 Å². The summed E-state index contributed by atoms with van der Waals surface area (Å²) >= 11 is 0. The fourth-order valence-electron chi connectivity index (χ4n) is 2.52. The summed E-state index contributed by atoms with van der Waals surface area (Å²) in [6.07, 6.45) is 1.31. The maximum atomic E-state index is 10.9. The maximum Gasteiger partial charge on any atom is 0.288 e.